The Morgan fingerprint density at radius 3 is 2.56 bits per heavy atom. The van der Waals surface area contributed by atoms with E-state index in [0.717, 1.165) is 43.6 Å². The van der Waals surface area contributed by atoms with Crippen LogP contribution in [0.3, 0.4) is 0 Å². The molecule has 0 spiro atoms. The second kappa shape index (κ2) is 6.55. The van der Waals surface area contributed by atoms with E-state index < -0.39 is 0 Å². The first kappa shape index (κ1) is 13.1. The van der Waals surface area contributed by atoms with Crippen molar-refractivity contribution >= 4 is 0 Å². The highest BCUT2D eigenvalue weighted by atomic mass is 16.5. The highest BCUT2D eigenvalue weighted by molar-refractivity contribution is 5.36. The molecule has 0 amide bonds. The first-order valence-electron chi connectivity index (χ1n) is 6.31. The number of rotatable bonds is 2. The van der Waals surface area contributed by atoms with Crippen LogP contribution in [0.4, 0.5) is 0 Å². The molecule has 0 aliphatic carbocycles. The van der Waals surface area contributed by atoms with E-state index in [-0.39, 0.29) is 6.04 Å². The maximum absolute atomic E-state index is 8.82. The van der Waals surface area contributed by atoms with Crippen LogP contribution in [0.25, 0.3) is 0 Å². The molecule has 3 heteroatoms. The summed E-state index contributed by atoms with van der Waals surface area (Å²) < 4.78 is 0. The van der Waals surface area contributed by atoms with Gasteiger partial charge in [0.25, 0.3) is 0 Å². The second-order valence-corrected chi connectivity index (χ2v) is 4.68. The Morgan fingerprint density at radius 1 is 1.28 bits per heavy atom. The number of hydrogen-bond donors (Lipinski definition) is 2. The lowest BCUT2D eigenvalue weighted by Crippen LogP contribution is -2.41. The van der Waals surface area contributed by atoms with E-state index in [1.807, 2.05) is 24.3 Å². The monoisotopic (exact) mass is 243 g/mol. The fourth-order valence-electron chi connectivity index (χ4n) is 2.06. The van der Waals surface area contributed by atoms with E-state index in [1.165, 1.54) is 0 Å². The van der Waals surface area contributed by atoms with Gasteiger partial charge in [-0.3, -0.25) is 4.90 Å². The molecule has 2 N–H and O–H groups in total. The summed E-state index contributed by atoms with van der Waals surface area (Å²) in [6.07, 6.45) is 1.96. The van der Waals surface area contributed by atoms with Gasteiger partial charge in [0.15, 0.2) is 0 Å². The molecule has 1 aliphatic rings. The van der Waals surface area contributed by atoms with E-state index in [4.69, 9.17) is 5.21 Å². The lowest BCUT2D eigenvalue weighted by Gasteiger charge is -2.29. The zero-order valence-corrected chi connectivity index (χ0v) is 10.5. The number of nitrogens with zero attached hydrogens (tertiary/aromatic N) is 1. The maximum Gasteiger partial charge on any atom is 0.0605 e. The van der Waals surface area contributed by atoms with Crippen molar-refractivity contribution in [3.63, 3.8) is 0 Å². The Bertz CT molecular complexity index is 422. The van der Waals surface area contributed by atoms with Crippen molar-refractivity contribution in [1.82, 2.24) is 10.4 Å². The Morgan fingerprint density at radius 2 is 1.94 bits per heavy atom. The number of likely N-dealkylation sites (tertiary alicyclic amines) is 1. The van der Waals surface area contributed by atoms with E-state index in [9.17, 15) is 0 Å². The van der Waals surface area contributed by atoms with Crippen molar-refractivity contribution in [2.24, 2.45) is 0 Å². The minimum absolute atomic E-state index is 0.249. The van der Waals surface area contributed by atoms with Crippen LogP contribution in [0.2, 0.25) is 0 Å². The lowest BCUT2D eigenvalue weighted by atomic mass is 10.1. The third-order valence-electron chi connectivity index (χ3n) is 3.26. The van der Waals surface area contributed by atoms with Crippen molar-refractivity contribution in [2.45, 2.75) is 18.9 Å². The molecule has 3 nitrogen and oxygen atoms in total. The first-order chi connectivity index (χ1) is 8.78. The van der Waals surface area contributed by atoms with Gasteiger partial charge in [-0.15, -0.1) is 0 Å². The van der Waals surface area contributed by atoms with Crippen molar-refractivity contribution in [3.8, 4) is 11.8 Å². The first-order valence-corrected chi connectivity index (χ1v) is 6.31. The fourth-order valence-corrected chi connectivity index (χ4v) is 2.06. The van der Waals surface area contributed by atoms with Gasteiger partial charge in [-0.25, -0.2) is 5.48 Å². The van der Waals surface area contributed by atoms with Gasteiger partial charge in [0, 0.05) is 24.7 Å². The third kappa shape index (κ3) is 3.85. The lowest BCUT2D eigenvalue weighted by molar-refractivity contribution is 0.0865. The van der Waals surface area contributed by atoms with E-state index >= 15 is 0 Å². The Kier molecular flexibility index (Phi) is 4.77. The number of nitrogens with one attached hydrogen (secondary N) is 1. The van der Waals surface area contributed by atoms with Gasteiger partial charge in [-0.05, 0) is 37.5 Å². The van der Waals surface area contributed by atoms with Crippen LogP contribution >= 0.6 is 0 Å². The molecule has 1 aliphatic heterocycles. The molecule has 1 radical (unpaired) electrons. The average molecular weight is 243 g/mol. The molecular formula is C15H19N2O. The van der Waals surface area contributed by atoms with Gasteiger partial charge in [-0.2, -0.15) is 0 Å². The highest BCUT2D eigenvalue weighted by Gasteiger charge is 2.16. The summed E-state index contributed by atoms with van der Waals surface area (Å²) in [5.74, 6) is 6.36. The van der Waals surface area contributed by atoms with Crippen LogP contribution in [-0.4, -0.2) is 35.8 Å². The van der Waals surface area contributed by atoms with Crippen molar-refractivity contribution < 1.29 is 5.21 Å². The SMILES string of the molecule is [CH2]c1ccc(C#CCN2CCC(NO)CC2)cc1. The molecule has 1 aromatic carbocycles. The summed E-state index contributed by atoms with van der Waals surface area (Å²) >= 11 is 0. The quantitative estimate of drug-likeness (QED) is 0.612. The molecule has 2 rings (SSSR count). The molecule has 1 heterocycles. The van der Waals surface area contributed by atoms with Gasteiger partial charge < -0.3 is 5.21 Å². The van der Waals surface area contributed by atoms with E-state index in [1.54, 1.807) is 0 Å². The minimum Gasteiger partial charge on any atom is -0.317 e. The predicted molar refractivity (Wildman–Crippen MR) is 72.2 cm³/mol. The zero-order valence-electron chi connectivity index (χ0n) is 10.5. The number of piperidine rings is 1. The summed E-state index contributed by atoms with van der Waals surface area (Å²) in [5.41, 5.74) is 4.39. The number of benzene rings is 1. The molecular weight excluding hydrogens is 224 g/mol. The van der Waals surface area contributed by atoms with Crippen LogP contribution in [0.5, 0.6) is 0 Å². The number of hydroxylamine groups is 1. The smallest absolute Gasteiger partial charge is 0.0605 e. The van der Waals surface area contributed by atoms with E-state index in [2.05, 4.69) is 29.1 Å². The van der Waals surface area contributed by atoms with E-state index in [0.29, 0.717) is 0 Å². The molecule has 0 atom stereocenters. The maximum atomic E-state index is 8.82. The summed E-state index contributed by atoms with van der Waals surface area (Å²) in [6, 6.07) is 8.19. The molecule has 1 aromatic rings. The summed E-state index contributed by atoms with van der Waals surface area (Å²) in [4.78, 5) is 2.32. The largest absolute Gasteiger partial charge is 0.317 e. The Labute approximate surface area is 109 Å². The van der Waals surface area contributed by atoms with Crippen LogP contribution in [0, 0.1) is 18.8 Å². The van der Waals surface area contributed by atoms with Crippen molar-refractivity contribution in [2.75, 3.05) is 19.6 Å². The molecule has 0 aromatic heterocycles. The van der Waals surface area contributed by atoms with Gasteiger partial charge in [0.05, 0.1) is 6.54 Å². The zero-order chi connectivity index (χ0) is 12.8. The molecule has 0 saturated carbocycles. The highest BCUT2D eigenvalue weighted by Crippen LogP contribution is 2.08. The van der Waals surface area contributed by atoms with Crippen LogP contribution in [0.15, 0.2) is 24.3 Å². The molecule has 1 fully saturated rings. The molecule has 95 valence electrons. The molecule has 18 heavy (non-hydrogen) atoms. The van der Waals surface area contributed by atoms with Gasteiger partial charge in [0.1, 0.15) is 0 Å². The summed E-state index contributed by atoms with van der Waals surface area (Å²) in [6.45, 7) is 6.63. The molecule has 1 saturated heterocycles. The van der Waals surface area contributed by atoms with Crippen molar-refractivity contribution in [3.05, 3.63) is 42.3 Å². The number of hydrogen-bond acceptors (Lipinski definition) is 3. The van der Waals surface area contributed by atoms with Crippen LogP contribution in [-0.2, 0) is 0 Å². The van der Waals surface area contributed by atoms with Gasteiger partial charge >= 0.3 is 0 Å². The van der Waals surface area contributed by atoms with Crippen LogP contribution < -0.4 is 5.48 Å². The fraction of sp³-hybridized carbons (Fsp3) is 0.400. The van der Waals surface area contributed by atoms with Crippen LogP contribution in [0.1, 0.15) is 24.0 Å². The average Bonchev–Trinajstić information content (AvgIpc) is 2.42. The Hall–Kier alpha value is -1.34. The normalized spacial score (nSPS) is 17.2. The summed E-state index contributed by atoms with van der Waals surface area (Å²) in [7, 11) is 0. The Balaban J connectivity index is 1.80. The minimum atomic E-state index is 0.249. The topological polar surface area (TPSA) is 35.5 Å². The third-order valence-corrected chi connectivity index (χ3v) is 3.26. The summed E-state index contributed by atoms with van der Waals surface area (Å²) in [5, 5.41) is 8.82. The standard InChI is InChI=1S/C15H19N2O/c1-13-4-6-14(7-5-13)3-2-10-17-11-8-15(16-18)9-12-17/h4-7,15-16,18H,1,8-12H2. The van der Waals surface area contributed by atoms with Gasteiger partial charge in [0.2, 0.25) is 0 Å². The predicted octanol–water partition coefficient (Wildman–Crippen LogP) is 1.66. The second-order valence-electron chi connectivity index (χ2n) is 4.68. The van der Waals surface area contributed by atoms with Gasteiger partial charge in [-0.1, -0.05) is 24.0 Å². The van der Waals surface area contributed by atoms with Crippen molar-refractivity contribution in [1.29, 1.82) is 0 Å². The molecule has 0 bridgehead atoms. The molecule has 0 unspecified atom stereocenters.